The van der Waals surface area contributed by atoms with Gasteiger partial charge < -0.3 is 9.84 Å². The molecular formula is C9H12N2O3S. The van der Waals surface area contributed by atoms with E-state index in [1.165, 1.54) is 0 Å². The number of hydrogen-bond acceptors (Lipinski definition) is 5. The van der Waals surface area contributed by atoms with E-state index in [-0.39, 0.29) is 0 Å². The van der Waals surface area contributed by atoms with E-state index in [2.05, 4.69) is 8.75 Å². The van der Waals surface area contributed by atoms with E-state index in [1.54, 1.807) is 6.20 Å². The summed E-state index contributed by atoms with van der Waals surface area (Å²) >= 11 is 1.09. The molecule has 1 aliphatic rings. The van der Waals surface area contributed by atoms with Gasteiger partial charge in [-0.3, -0.25) is 0 Å². The second kappa shape index (κ2) is 4.24. The van der Waals surface area contributed by atoms with Gasteiger partial charge in [-0.1, -0.05) is 0 Å². The van der Waals surface area contributed by atoms with Crippen LogP contribution in [-0.4, -0.2) is 32.0 Å². The Bertz CT molecular complexity index is 333. The minimum absolute atomic E-state index is 0.318. The molecule has 1 aliphatic heterocycles. The second-order valence-corrected chi connectivity index (χ2v) is 4.24. The average Bonchev–Trinajstić information content (AvgIpc) is 2.71. The zero-order valence-electron chi connectivity index (χ0n) is 8.18. The number of carboxylic acid groups (broad SMARTS) is 1. The molecule has 0 spiro atoms. The predicted octanol–water partition coefficient (Wildman–Crippen LogP) is 1.10. The minimum Gasteiger partial charge on any atom is -0.479 e. The highest BCUT2D eigenvalue weighted by molar-refractivity contribution is 6.99. The summed E-state index contributed by atoms with van der Waals surface area (Å²) in [4.78, 5) is 11.2. The number of ether oxygens (including phenoxy) is 1. The standard InChI is InChI=1S/C9H12N2O3S/c12-8(13)9(3-1-2-4-14-9)5-7-6-10-15-11-7/h6H,1-5H2,(H,12,13). The Kier molecular flexibility index (Phi) is 2.97. The summed E-state index contributed by atoms with van der Waals surface area (Å²) in [6, 6.07) is 0. The molecule has 1 aromatic heterocycles. The van der Waals surface area contributed by atoms with E-state index in [1.807, 2.05) is 0 Å². The number of rotatable bonds is 3. The summed E-state index contributed by atoms with van der Waals surface area (Å²) in [5.74, 6) is -0.893. The van der Waals surface area contributed by atoms with Crippen molar-refractivity contribution in [2.45, 2.75) is 31.3 Å². The Hall–Kier alpha value is -1.01. The lowest BCUT2D eigenvalue weighted by molar-refractivity contribution is -0.172. The van der Waals surface area contributed by atoms with Crippen LogP contribution in [0.2, 0.25) is 0 Å². The van der Waals surface area contributed by atoms with Gasteiger partial charge in [0.25, 0.3) is 0 Å². The van der Waals surface area contributed by atoms with Gasteiger partial charge in [0.15, 0.2) is 5.60 Å². The predicted molar refractivity (Wildman–Crippen MR) is 53.8 cm³/mol. The Balaban J connectivity index is 2.15. The molecule has 1 saturated heterocycles. The molecule has 1 atom stereocenters. The van der Waals surface area contributed by atoms with Gasteiger partial charge >= 0.3 is 5.97 Å². The van der Waals surface area contributed by atoms with Crippen molar-refractivity contribution in [3.05, 3.63) is 11.9 Å². The highest BCUT2D eigenvalue weighted by Gasteiger charge is 2.41. The van der Waals surface area contributed by atoms with Gasteiger partial charge in [-0.25, -0.2) is 4.79 Å². The molecule has 1 unspecified atom stereocenters. The molecule has 5 nitrogen and oxygen atoms in total. The van der Waals surface area contributed by atoms with Crippen LogP contribution in [0.25, 0.3) is 0 Å². The third-order valence-electron chi connectivity index (χ3n) is 2.62. The van der Waals surface area contributed by atoms with Crippen molar-refractivity contribution >= 4 is 17.7 Å². The van der Waals surface area contributed by atoms with Crippen LogP contribution in [-0.2, 0) is 16.0 Å². The highest BCUT2D eigenvalue weighted by atomic mass is 32.1. The van der Waals surface area contributed by atoms with Crippen LogP contribution in [0.3, 0.4) is 0 Å². The Morgan fingerprint density at radius 3 is 3.07 bits per heavy atom. The van der Waals surface area contributed by atoms with E-state index in [0.29, 0.717) is 25.1 Å². The highest BCUT2D eigenvalue weighted by Crippen LogP contribution is 2.28. The van der Waals surface area contributed by atoms with Crippen molar-refractivity contribution in [1.29, 1.82) is 0 Å². The molecule has 0 amide bonds. The van der Waals surface area contributed by atoms with Gasteiger partial charge in [0.1, 0.15) is 0 Å². The Morgan fingerprint density at radius 2 is 2.53 bits per heavy atom. The van der Waals surface area contributed by atoms with Gasteiger partial charge in [0, 0.05) is 13.0 Å². The van der Waals surface area contributed by atoms with Crippen molar-refractivity contribution in [2.75, 3.05) is 6.61 Å². The third-order valence-corrected chi connectivity index (χ3v) is 3.13. The second-order valence-electron chi connectivity index (χ2n) is 3.68. The summed E-state index contributed by atoms with van der Waals surface area (Å²) < 4.78 is 13.3. The normalized spacial score (nSPS) is 26.4. The van der Waals surface area contributed by atoms with Crippen LogP contribution in [0.1, 0.15) is 25.0 Å². The maximum absolute atomic E-state index is 11.2. The van der Waals surface area contributed by atoms with Crippen LogP contribution in [0.4, 0.5) is 0 Å². The van der Waals surface area contributed by atoms with Crippen molar-refractivity contribution in [3.63, 3.8) is 0 Å². The fraction of sp³-hybridized carbons (Fsp3) is 0.667. The lowest BCUT2D eigenvalue weighted by Gasteiger charge is -2.32. The number of nitrogens with zero attached hydrogens (tertiary/aromatic N) is 2. The van der Waals surface area contributed by atoms with E-state index in [4.69, 9.17) is 4.74 Å². The van der Waals surface area contributed by atoms with Crippen LogP contribution < -0.4 is 0 Å². The maximum atomic E-state index is 11.2. The molecule has 1 aromatic rings. The van der Waals surface area contributed by atoms with Crippen molar-refractivity contribution < 1.29 is 14.6 Å². The van der Waals surface area contributed by atoms with E-state index < -0.39 is 11.6 Å². The zero-order chi connectivity index (χ0) is 10.7. The molecule has 0 radical (unpaired) electrons. The van der Waals surface area contributed by atoms with Crippen LogP contribution in [0, 0.1) is 0 Å². The van der Waals surface area contributed by atoms with Gasteiger partial charge in [-0.15, -0.1) is 0 Å². The first-order chi connectivity index (χ1) is 7.23. The molecule has 15 heavy (non-hydrogen) atoms. The van der Waals surface area contributed by atoms with Crippen molar-refractivity contribution in [1.82, 2.24) is 8.75 Å². The summed E-state index contributed by atoms with van der Waals surface area (Å²) in [5, 5.41) is 9.22. The minimum atomic E-state index is -1.08. The summed E-state index contributed by atoms with van der Waals surface area (Å²) in [7, 11) is 0. The molecule has 0 saturated carbocycles. The fourth-order valence-corrected chi connectivity index (χ4v) is 2.22. The maximum Gasteiger partial charge on any atom is 0.336 e. The largest absolute Gasteiger partial charge is 0.479 e. The first kappa shape index (κ1) is 10.5. The fourth-order valence-electron chi connectivity index (χ4n) is 1.79. The summed E-state index contributed by atoms with van der Waals surface area (Å²) in [6.07, 6.45) is 4.31. The quantitative estimate of drug-likeness (QED) is 0.838. The summed E-state index contributed by atoms with van der Waals surface area (Å²) in [5.41, 5.74) is -0.377. The Labute approximate surface area is 91.4 Å². The Morgan fingerprint density at radius 1 is 1.67 bits per heavy atom. The summed E-state index contributed by atoms with van der Waals surface area (Å²) in [6.45, 7) is 0.518. The van der Waals surface area contributed by atoms with Gasteiger partial charge in [-0.05, 0) is 19.3 Å². The van der Waals surface area contributed by atoms with E-state index in [0.717, 1.165) is 24.6 Å². The van der Waals surface area contributed by atoms with Crippen LogP contribution >= 0.6 is 11.7 Å². The molecule has 0 bridgehead atoms. The number of aromatic nitrogens is 2. The molecule has 0 aromatic carbocycles. The van der Waals surface area contributed by atoms with Gasteiger partial charge in [0.2, 0.25) is 0 Å². The van der Waals surface area contributed by atoms with Gasteiger partial charge in [-0.2, -0.15) is 8.75 Å². The number of carboxylic acids is 1. The lowest BCUT2D eigenvalue weighted by atomic mass is 9.89. The molecule has 1 N–H and O–H groups in total. The topological polar surface area (TPSA) is 72.3 Å². The van der Waals surface area contributed by atoms with Gasteiger partial charge in [0.05, 0.1) is 23.6 Å². The first-order valence-corrected chi connectivity index (χ1v) is 5.60. The van der Waals surface area contributed by atoms with Crippen LogP contribution in [0.5, 0.6) is 0 Å². The number of hydrogen-bond donors (Lipinski definition) is 1. The smallest absolute Gasteiger partial charge is 0.336 e. The lowest BCUT2D eigenvalue weighted by Crippen LogP contribution is -2.46. The molecule has 0 aliphatic carbocycles. The molecule has 6 heteroatoms. The number of carbonyl (C=O) groups is 1. The average molecular weight is 228 g/mol. The zero-order valence-corrected chi connectivity index (χ0v) is 9.00. The monoisotopic (exact) mass is 228 g/mol. The first-order valence-electron chi connectivity index (χ1n) is 4.87. The SMILES string of the molecule is O=C(O)C1(Cc2cnsn2)CCCCO1. The molecule has 2 heterocycles. The van der Waals surface area contributed by atoms with E-state index >= 15 is 0 Å². The van der Waals surface area contributed by atoms with Crippen molar-refractivity contribution in [3.8, 4) is 0 Å². The molecule has 2 rings (SSSR count). The molecule has 1 fully saturated rings. The van der Waals surface area contributed by atoms with E-state index in [9.17, 15) is 9.90 Å². The van der Waals surface area contributed by atoms with Crippen LogP contribution in [0.15, 0.2) is 6.20 Å². The molecular weight excluding hydrogens is 216 g/mol. The van der Waals surface area contributed by atoms with Crippen molar-refractivity contribution in [2.24, 2.45) is 0 Å². The molecule has 82 valence electrons. The third kappa shape index (κ3) is 2.15. The number of aliphatic carboxylic acids is 1.